The third-order valence-electron chi connectivity index (χ3n) is 13.8. The van der Waals surface area contributed by atoms with Crippen molar-refractivity contribution in [1.29, 1.82) is 0 Å². The quantitative estimate of drug-likeness (QED) is 0.211. The van der Waals surface area contributed by atoms with Crippen LogP contribution in [0, 0.1) is 23.2 Å². The van der Waals surface area contributed by atoms with Gasteiger partial charge in [0.2, 0.25) is 0 Å². The van der Waals surface area contributed by atoms with Crippen molar-refractivity contribution < 1.29 is 24.9 Å². The number of hydrogen-bond acceptors (Lipinski definition) is 5. The van der Waals surface area contributed by atoms with E-state index in [1.54, 1.807) is 0 Å². The molecule has 0 aliphatic carbocycles. The van der Waals surface area contributed by atoms with Crippen molar-refractivity contribution in [2.45, 2.75) is 181 Å². The Bertz CT molecular complexity index is 1290. The zero-order valence-corrected chi connectivity index (χ0v) is 34.1. The third kappa shape index (κ3) is 7.88. The van der Waals surface area contributed by atoms with Gasteiger partial charge in [-0.2, -0.15) is 0 Å². The maximum atomic E-state index is 13.2. The van der Waals surface area contributed by atoms with E-state index in [0.29, 0.717) is 40.9 Å². The van der Waals surface area contributed by atoms with Gasteiger partial charge in [0.05, 0.1) is 0 Å². The van der Waals surface area contributed by atoms with Crippen LogP contribution in [0.2, 0.25) is 0 Å². The SMILES string of the molecule is CN1C(C)(C)CCC(C(CCCC(Cc2cc(C(C)(C)C)c(O)c(C(C)(C)C)c2)(C(=O)O)C(=O)O)C2CCC(C)(C)N(C)C2(C)C)C1(C)C. The van der Waals surface area contributed by atoms with Crippen molar-refractivity contribution >= 4 is 11.9 Å². The minimum Gasteiger partial charge on any atom is -0.507 e. The van der Waals surface area contributed by atoms with Gasteiger partial charge in [-0.1, -0.05) is 60.1 Å². The zero-order valence-electron chi connectivity index (χ0n) is 34.1. The minimum atomic E-state index is -1.98. The molecule has 2 aliphatic heterocycles. The second kappa shape index (κ2) is 13.5. The summed E-state index contributed by atoms with van der Waals surface area (Å²) in [4.78, 5) is 31.4. The molecule has 1 aromatic rings. The van der Waals surface area contributed by atoms with E-state index in [2.05, 4.69) is 79.3 Å². The molecule has 280 valence electrons. The summed E-state index contributed by atoms with van der Waals surface area (Å²) in [6.45, 7) is 30.9. The van der Waals surface area contributed by atoms with Gasteiger partial charge in [0.1, 0.15) is 5.75 Å². The van der Waals surface area contributed by atoms with Crippen molar-refractivity contribution in [3.8, 4) is 5.75 Å². The van der Waals surface area contributed by atoms with Gasteiger partial charge >= 0.3 is 11.9 Å². The van der Waals surface area contributed by atoms with E-state index in [1.807, 2.05) is 53.7 Å². The molecule has 0 spiro atoms. The number of aliphatic carboxylic acids is 2. The lowest BCUT2D eigenvalue weighted by Gasteiger charge is -2.62. The minimum absolute atomic E-state index is 0.0493. The molecule has 2 fully saturated rings. The molecule has 49 heavy (non-hydrogen) atoms. The molecular formula is C42H72N2O5. The lowest BCUT2D eigenvalue weighted by molar-refractivity contribution is -0.165. The van der Waals surface area contributed by atoms with E-state index < -0.39 is 28.2 Å². The summed E-state index contributed by atoms with van der Waals surface area (Å²) >= 11 is 0. The molecule has 0 radical (unpaired) electrons. The number of carboxylic acids is 2. The van der Waals surface area contributed by atoms with Crippen LogP contribution in [-0.2, 0) is 26.8 Å². The van der Waals surface area contributed by atoms with Gasteiger partial charge in [0.15, 0.2) is 5.41 Å². The first-order valence-electron chi connectivity index (χ1n) is 18.8. The highest BCUT2D eigenvalue weighted by Gasteiger charge is 2.55. The molecule has 0 bridgehead atoms. The number of aromatic hydroxyl groups is 1. The fraction of sp³-hybridized carbons (Fsp3) is 0.810. The Morgan fingerprint density at radius 1 is 0.755 bits per heavy atom. The Labute approximate surface area is 299 Å². The summed E-state index contributed by atoms with van der Waals surface area (Å²) < 4.78 is 0. The molecule has 0 aromatic heterocycles. The molecule has 2 unspecified atom stereocenters. The summed E-state index contributed by atoms with van der Waals surface area (Å²) in [5.41, 5.74) is -0.749. The predicted molar refractivity (Wildman–Crippen MR) is 202 cm³/mol. The van der Waals surface area contributed by atoms with Gasteiger partial charge in [-0.05, 0) is 160 Å². The van der Waals surface area contributed by atoms with Crippen LogP contribution in [0.5, 0.6) is 5.75 Å². The summed E-state index contributed by atoms with van der Waals surface area (Å²) in [5.74, 6) is -1.31. The molecule has 1 aromatic carbocycles. The van der Waals surface area contributed by atoms with Crippen molar-refractivity contribution in [2.24, 2.45) is 23.2 Å². The van der Waals surface area contributed by atoms with Crippen molar-refractivity contribution in [3.05, 3.63) is 28.8 Å². The van der Waals surface area contributed by atoms with Crippen LogP contribution in [0.25, 0.3) is 0 Å². The molecule has 3 N–H and O–H groups in total. The first-order chi connectivity index (χ1) is 21.9. The monoisotopic (exact) mass is 685 g/mol. The number of nitrogens with zero attached hydrogens (tertiary/aromatic N) is 2. The smallest absolute Gasteiger partial charge is 0.321 e. The second-order valence-electron chi connectivity index (χ2n) is 20.3. The topological polar surface area (TPSA) is 101 Å². The Kier molecular flexibility index (Phi) is 11.3. The number of benzene rings is 1. The van der Waals surface area contributed by atoms with Crippen LogP contribution in [0.15, 0.2) is 12.1 Å². The number of carbonyl (C=O) groups is 2. The average molecular weight is 685 g/mol. The Morgan fingerprint density at radius 2 is 1.12 bits per heavy atom. The third-order valence-corrected chi connectivity index (χ3v) is 13.8. The van der Waals surface area contributed by atoms with Gasteiger partial charge in [-0.25, -0.2) is 0 Å². The summed E-state index contributed by atoms with van der Waals surface area (Å²) in [7, 11) is 4.50. The van der Waals surface area contributed by atoms with E-state index in [1.165, 1.54) is 0 Å². The van der Waals surface area contributed by atoms with Crippen LogP contribution in [0.1, 0.15) is 159 Å². The van der Waals surface area contributed by atoms with Crippen LogP contribution < -0.4 is 0 Å². The van der Waals surface area contributed by atoms with Crippen molar-refractivity contribution in [2.75, 3.05) is 14.1 Å². The molecule has 0 amide bonds. The molecule has 3 rings (SSSR count). The first kappa shape index (κ1) is 41.3. The lowest BCUT2D eigenvalue weighted by Crippen LogP contribution is -2.66. The summed E-state index contributed by atoms with van der Waals surface area (Å²) in [6.07, 6.45) is 5.57. The fourth-order valence-corrected chi connectivity index (χ4v) is 9.75. The van der Waals surface area contributed by atoms with Gasteiger partial charge in [0.25, 0.3) is 0 Å². The molecule has 7 heteroatoms. The Morgan fingerprint density at radius 3 is 1.45 bits per heavy atom. The highest BCUT2D eigenvalue weighted by molar-refractivity contribution is 5.98. The van der Waals surface area contributed by atoms with Gasteiger partial charge < -0.3 is 15.3 Å². The van der Waals surface area contributed by atoms with Crippen LogP contribution in [0.3, 0.4) is 0 Å². The van der Waals surface area contributed by atoms with Gasteiger partial charge in [-0.15, -0.1) is 0 Å². The first-order valence-corrected chi connectivity index (χ1v) is 18.8. The zero-order chi connectivity index (χ0) is 37.9. The van der Waals surface area contributed by atoms with E-state index in [0.717, 1.165) is 32.1 Å². The van der Waals surface area contributed by atoms with Crippen LogP contribution in [-0.4, -0.2) is 73.3 Å². The number of carboxylic acid groups (broad SMARTS) is 2. The standard InChI is InChI=1S/C42H72N2O5/c1-36(2,3)31-24-27(25-32(33(31)45)37(4,5)6)26-42(34(46)47,35(48)49)21-17-18-28(29-19-22-38(7,8)43(15)40(29,11)12)30-20-23-39(9,10)44(16)41(30,13)14/h24-25,28-30,45H,17-23,26H2,1-16H3,(H,46,47)(H,48,49). The fourth-order valence-electron chi connectivity index (χ4n) is 9.75. The van der Waals surface area contributed by atoms with E-state index in [-0.39, 0.29) is 40.7 Å². The maximum absolute atomic E-state index is 13.2. The Hall–Kier alpha value is -2.12. The number of piperidine rings is 2. The number of rotatable bonds is 10. The number of hydrogen-bond donors (Lipinski definition) is 3. The number of phenols is 1. The number of likely N-dealkylation sites (tertiary alicyclic amines) is 2. The lowest BCUT2D eigenvalue weighted by atomic mass is 9.57. The summed E-state index contributed by atoms with van der Waals surface area (Å²) in [6, 6.07) is 3.66. The normalized spacial score (nSPS) is 25.1. The second-order valence-corrected chi connectivity index (χ2v) is 20.3. The van der Waals surface area contributed by atoms with Crippen molar-refractivity contribution in [3.63, 3.8) is 0 Å². The highest BCUT2D eigenvalue weighted by Crippen LogP contribution is 2.54. The molecular weight excluding hydrogens is 612 g/mol. The molecule has 0 saturated carbocycles. The molecule has 2 saturated heterocycles. The molecule has 2 aliphatic rings. The predicted octanol–water partition coefficient (Wildman–Crippen LogP) is 9.27. The average Bonchev–Trinajstić information content (AvgIpc) is 2.93. The van der Waals surface area contributed by atoms with Crippen molar-refractivity contribution in [1.82, 2.24) is 9.80 Å². The molecule has 2 heterocycles. The maximum Gasteiger partial charge on any atom is 0.321 e. The van der Waals surface area contributed by atoms with E-state index in [4.69, 9.17) is 0 Å². The van der Waals surface area contributed by atoms with Crippen LogP contribution >= 0.6 is 0 Å². The molecule has 2 atom stereocenters. The van der Waals surface area contributed by atoms with E-state index in [9.17, 15) is 24.9 Å². The van der Waals surface area contributed by atoms with Gasteiger partial charge in [0, 0.05) is 22.2 Å². The number of phenolic OH excluding ortho intramolecular Hbond substituents is 1. The molecule has 7 nitrogen and oxygen atoms in total. The van der Waals surface area contributed by atoms with E-state index >= 15 is 0 Å². The van der Waals surface area contributed by atoms with Crippen LogP contribution in [0.4, 0.5) is 0 Å². The Balaban J connectivity index is 2.07. The largest absolute Gasteiger partial charge is 0.507 e. The summed E-state index contributed by atoms with van der Waals surface area (Å²) in [5, 5.41) is 32.8. The van der Waals surface area contributed by atoms with Gasteiger partial charge in [-0.3, -0.25) is 19.4 Å². The highest BCUT2D eigenvalue weighted by atomic mass is 16.4.